The van der Waals surface area contributed by atoms with Gasteiger partial charge in [-0.05, 0) is 75.7 Å². The number of nitriles is 1. The van der Waals surface area contributed by atoms with Gasteiger partial charge in [0.1, 0.15) is 5.82 Å². The molecular formula is C35H43N7O2. The van der Waals surface area contributed by atoms with Crippen molar-refractivity contribution in [1.82, 2.24) is 19.8 Å². The molecular weight excluding hydrogens is 550 g/mol. The van der Waals surface area contributed by atoms with Crippen LogP contribution in [0.25, 0.3) is 10.8 Å². The number of hydrogen-bond donors (Lipinski definition) is 0. The number of hydrogen-bond acceptors (Lipinski definition) is 8. The van der Waals surface area contributed by atoms with Crippen molar-refractivity contribution in [2.75, 3.05) is 56.7 Å². The Hall–Kier alpha value is -4.16. The molecule has 3 atom stereocenters. The fourth-order valence-corrected chi connectivity index (χ4v) is 7.29. The molecule has 2 aromatic carbocycles. The minimum atomic E-state index is -0.227. The van der Waals surface area contributed by atoms with Crippen molar-refractivity contribution in [2.24, 2.45) is 5.92 Å². The largest absolute Gasteiger partial charge is 0.463 e. The van der Waals surface area contributed by atoms with Gasteiger partial charge >= 0.3 is 6.01 Å². The van der Waals surface area contributed by atoms with Crippen LogP contribution in [0.2, 0.25) is 0 Å². The number of benzene rings is 2. The van der Waals surface area contributed by atoms with E-state index in [0.717, 1.165) is 42.9 Å². The van der Waals surface area contributed by atoms with Crippen molar-refractivity contribution in [3.05, 3.63) is 65.9 Å². The molecule has 1 amide bonds. The molecule has 3 aromatic rings. The summed E-state index contributed by atoms with van der Waals surface area (Å²) in [5, 5.41) is 12.1. The van der Waals surface area contributed by atoms with Crippen LogP contribution in [0.3, 0.4) is 0 Å². The van der Waals surface area contributed by atoms with Crippen molar-refractivity contribution in [2.45, 2.75) is 57.7 Å². The summed E-state index contributed by atoms with van der Waals surface area (Å²) in [6, 6.07) is 16.0. The lowest BCUT2D eigenvalue weighted by molar-refractivity contribution is -0.128. The zero-order valence-corrected chi connectivity index (χ0v) is 26.2. The molecule has 0 bridgehead atoms. The number of carbonyl (C=O) groups is 1. The fraction of sp³-hybridized carbons (Fsp3) is 0.486. The molecule has 3 aliphatic rings. The van der Waals surface area contributed by atoms with Gasteiger partial charge in [-0.15, -0.1) is 0 Å². The topological polar surface area (TPSA) is 88.8 Å². The summed E-state index contributed by atoms with van der Waals surface area (Å²) >= 11 is 0. The number of aryl methyl sites for hydroxylation is 1. The number of piperazine rings is 1. The highest BCUT2D eigenvalue weighted by molar-refractivity contribution is 5.97. The first-order valence-electron chi connectivity index (χ1n) is 15.8. The molecule has 0 spiro atoms. The van der Waals surface area contributed by atoms with Crippen LogP contribution < -0.4 is 14.5 Å². The monoisotopic (exact) mass is 593 g/mol. The van der Waals surface area contributed by atoms with Gasteiger partial charge in [0.2, 0.25) is 5.91 Å². The van der Waals surface area contributed by atoms with E-state index in [1.165, 1.54) is 34.5 Å². The molecule has 1 aromatic heterocycles. The normalized spacial score (nSPS) is 21.8. The summed E-state index contributed by atoms with van der Waals surface area (Å²) in [5.41, 5.74) is 4.61. The molecule has 2 fully saturated rings. The summed E-state index contributed by atoms with van der Waals surface area (Å²) in [4.78, 5) is 31.4. The summed E-state index contributed by atoms with van der Waals surface area (Å²) in [5.74, 6) is 1.23. The van der Waals surface area contributed by atoms with Crippen molar-refractivity contribution in [3.63, 3.8) is 0 Å². The van der Waals surface area contributed by atoms with E-state index < -0.39 is 0 Å². The van der Waals surface area contributed by atoms with Crippen molar-refractivity contribution < 1.29 is 9.53 Å². The Labute approximate surface area is 260 Å². The lowest BCUT2D eigenvalue weighted by atomic mass is 9.99. The van der Waals surface area contributed by atoms with Crippen LogP contribution in [0.5, 0.6) is 6.01 Å². The average molecular weight is 594 g/mol. The van der Waals surface area contributed by atoms with Crippen LogP contribution in [-0.4, -0.2) is 84.6 Å². The molecule has 44 heavy (non-hydrogen) atoms. The Morgan fingerprint density at radius 3 is 2.70 bits per heavy atom. The Morgan fingerprint density at radius 1 is 1.14 bits per heavy atom. The van der Waals surface area contributed by atoms with Crippen molar-refractivity contribution in [1.29, 1.82) is 5.26 Å². The van der Waals surface area contributed by atoms with Crippen LogP contribution in [0.1, 0.15) is 42.5 Å². The van der Waals surface area contributed by atoms with E-state index >= 15 is 0 Å². The lowest BCUT2D eigenvalue weighted by Gasteiger charge is -2.42. The third kappa shape index (κ3) is 5.96. The highest BCUT2D eigenvalue weighted by atomic mass is 16.5. The molecule has 9 nitrogen and oxygen atoms in total. The molecule has 0 N–H and O–H groups in total. The maximum absolute atomic E-state index is 12.6. The van der Waals surface area contributed by atoms with Crippen molar-refractivity contribution in [3.8, 4) is 12.1 Å². The number of anilines is 2. The fourth-order valence-electron chi connectivity index (χ4n) is 7.29. The zero-order chi connectivity index (χ0) is 30.8. The molecule has 1 saturated heterocycles. The molecule has 1 unspecified atom stereocenters. The SMILES string of the molecule is C=CC(=O)N1CCN(c2nc(OC[C@H]3CCC(N(C)C)C3)nc3c2CCN(c2cccc4cccc(C)c24)C3)C[C@@H]1CC#N. The predicted octanol–water partition coefficient (Wildman–Crippen LogP) is 4.73. The summed E-state index contributed by atoms with van der Waals surface area (Å²) < 4.78 is 6.38. The first-order valence-corrected chi connectivity index (χ1v) is 15.8. The quantitative estimate of drug-likeness (QED) is 0.347. The summed E-state index contributed by atoms with van der Waals surface area (Å²) in [6.07, 6.45) is 5.85. The Kier molecular flexibility index (Phi) is 8.72. The number of fused-ring (bicyclic) bond motifs is 2. The van der Waals surface area contributed by atoms with E-state index in [1.807, 2.05) is 0 Å². The average Bonchev–Trinajstić information content (AvgIpc) is 3.52. The van der Waals surface area contributed by atoms with E-state index in [0.29, 0.717) is 50.8 Å². The van der Waals surface area contributed by atoms with E-state index in [4.69, 9.17) is 14.7 Å². The second-order valence-electron chi connectivity index (χ2n) is 12.7. The van der Waals surface area contributed by atoms with Crippen molar-refractivity contribution >= 4 is 28.2 Å². The van der Waals surface area contributed by atoms with Crippen LogP contribution >= 0.6 is 0 Å². The van der Waals surface area contributed by atoms with E-state index in [2.05, 4.69) is 84.8 Å². The molecule has 1 saturated carbocycles. The summed E-state index contributed by atoms with van der Waals surface area (Å²) in [7, 11) is 4.30. The Balaban J connectivity index is 1.32. The number of nitrogens with zero attached hydrogens (tertiary/aromatic N) is 7. The second-order valence-corrected chi connectivity index (χ2v) is 12.7. The van der Waals surface area contributed by atoms with Gasteiger partial charge in [0.25, 0.3) is 0 Å². The van der Waals surface area contributed by atoms with Crippen LogP contribution in [0.15, 0.2) is 49.1 Å². The highest BCUT2D eigenvalue weighted by Crippen LogP contribution is 2.36. The minimum absolute atomic E-state index is 0.132. The lowest BCUT2D eigenvalue weighted by Crippen LogP contribution is -2.55. The van der Waals surface area contributed by atoms with Gasteiger partial charge in [-0.1, -0.05) is 36.9 Å². The van der Waals surface area contributed by atoms with Gasteiger partial charge in [0.05, 0.1) is 37.4 Å². The number of aromatic nitrogens is 2. The Bertz CT molecular complexity index is 1580. The molecule has 0 radical (unpaired) electrons. The molecule has 9 heteroatoms. The van der Waals surface area contributed by atoms with Gasteiger partial charge in [0, 0.05) is 48.9 Å². The third-order valence-corrected chi connectivity index (χ3v) is 9.71. The van der Waals surface area contributed by atoms with Crippen LogP contribution in [-0.2, 0) is 17.8 Å². The number of carbonyl (C=O) groups excluding carboxylic acids is 1. The summed E-state index contributed by atoms with van der Waals surface area (Å²) in [6.45, 7) is 9.64. The van der Waals surface area contributed by atoms with Gasteiger partial charge < -0.3 is 24.3 Å². The van der Waals surface area contributed by atoms with E-state index in [9.17, 15) is 10.1 Å². The molecule has 2 aliphatic heterocycles. The first kappa shape index (κ1) is 29.9. The molecule has 230 valence electrons. The van der Waals surface area contributed by atoms with Gasteiger partial charge in [-0.2, -0.15) is 15.2 Å². The maximum atomic E-state index is 12.6. The van der Waals surface area contributed by atoms with Crippen LogP contribution in [0.4, 0.5) is 11.5 Å². The molecule has 3 heterocycles. The van der Waals surface area contributed by atoms with Gasteiger partial charge in [-0.25, -0.2) is 0 Å². The standard InChI is InChI=1S/C35H43N7O2/c1-5-32(43)42-19-18-41(21-28(42)14-16-36)34-29-15-17-40(31-11-7-10-26-9-6-8-24(2)33(26)31)22-30(29)37-35(38-34)44-23-25-12-13-27(20-25)39(3)4/h5-11,25,27-28H,1,12-15,17-23H2,2-4H3/t25-,27?,28-/m0/s1. The minimum Gasteiger partial charge on any atom is -0.463 e. The Morgan fingerprint density at radius 2 is 1.95 bits per heavy atom. The maximum Gasteiger partial charge on any atom is 0.318 e. The number of amides is 1. The second kappa shape index (κ2) is 12.8. The molecule has 6 rings (SSSR count). The van der Waals surface area contributed by atoms with E-state index in [1.54, 1.807) is 4.90 Å². The smallest absolute Gasteiger partial charge is 0.318 e. The zero-order valence-electron chi connectivity index (χ0n) is 26.2. The highest BCUT2D eigenvalue weighted by Gasteiger charge is 2.34. The number of rotatable bonds is 8. The van der Waals surface area contributed by atoms with Crippen LogP contribution in [0, 0.1) is 24.2 Å². The predicted molar refractivity (Wildman–Crippen MR) is 174 cm³/mol. The van der Waals surface area contributed by atoms with Gasteiger partial charge in [-0.3, -0.25) is 4.79 Å². The molecule has 1 aliphatic carbocycles. The number of ether oxygens (including phenoxy) is 1. The van der Waals surface area contributed by atoms with E-state index in [-0.39, 0.29) is 18.4 Å². The first-order chi connectivity index (χ1) is 21.4. The third-order valence-electron chi connectivity index (χ3n) is 9.71. The van der Waals surface area contributed by atoms with Gasteiger partial charge in [0.15, 0.2) is 0 Å².